The van der Waals surface area contributed by atoms with E-state index in [1.54, 1.807) is 0 Å². The molecule has 31 heavy (non-hydrogen) atoms. The Bertz CT molecular complexity index is 1180. The second kappa shape index (κ2) is 8.23. The number of nitrogens with zero attached hydrogens (tertiary/aromatic N) is 2. The number of carbonyl (C=O) groups excluding carboxylic acids is 1. The molecule has 1 aromatic heterocycles. The molecule has 0 spiro atoms. The van der Waals surface area contributed by atoms with Crippen LogP contribution in [0, 0.1) is 0 Å². The number of H-pyrrole nitrogens is 1. The molecular formula is C24H28N4O3. The van der Waals surface area contributed by atoms with Crippen molar-refractivity contribution >= 4 is 22.6 Å². The highest BCUT2D eigenvalue weighted by Crippen LogP contribution is 2.27. The van der Waals surface area contributed by atoms with E-state index in [2.05, 4.69) is 28.3 Å². The van der Waals surface area contributed by atoms with E-state index in [1.165, 1.54) is 11.1 Å². The Morgan fingerprint density at radius 1 is 1.13 bits per heavy atom. The number of hydrogen-bond acceptors (Lipinski definition) is 4. The highest BCUT2D eigenvalue weighted by Gasteiger charge is 2.25. The van der Waals surface area contributed by atoms with E-state index in [0.717, 1.165) is 61.2 Å². The van der Waals surface area contributed by atoms with Gasteiger partial charge in [0, 0.05) is 30.8 Å². The summed E-state index contributed by atoms with van der Waals surface area (Å²) in [6.45, 7) is 2.33. The number of aromatic nitrogens is 2. The van der Waals surface area contributed by atoms with Gasteiger partial charge in [0.05, 0.1) is 17.6 Å². The van der Waals surface area contributed by atoms with Gasteiger partial charge in [0.25, 0.3) is 0 Å². The number of carbonyl (C=O) groups is 1. The average molecular weight is 421 g/mol. The molecule has 0 unspecified atom stereocenters. The molecule has 0 saturated heterocycles. The molecule has 2 aliphatic heterocycles. The van der Waals surface area contributed by atoms with Crippen molar-refractivity contribution in [1.29, 1.82) is 0 Å². The fraction of sp³-hybridized carbons (Fsp3) is 0.417. The number of benzene rings is 2. The number of fused-ring (bicyclic) bond motifs is 1. The summed E-state index contributed by atoms with van der Waals surface area (Å²) >= 11 is 0. The summed E-state index contributed by atoms with van der Waals surface area (Å²) in [5, 5.41) is 2.92. The molecule has 5 rings (SSSR count). The van der Waals surface area contributed by atoms with Crippen molar-refractivity contribution in [2.45, 2.75) is 44.7 Å². The third kappa shape index (κ3) is 3.97. The molecule has 0 saturated carbocycles. The highest BCUT2D eigenvalue weighted by molar-refractivity contribution is 5.94. The molecule has 2 N–H and O–H groups in total. The molecule has 3 aromatic rings. The van der Waals surface area contributed by atoms with Crippen LogP contribution in [0.1, 0.15) is 30.4 Å². The number of unbranched alkanes of at least 4 members (excludes halogenated alkanes) is 1. The first-order chi connectivity index (χ1) is 15.1. The predicted molar refractivity (Wildman–Crippen MR) is 121 cm³/mol. The van der Waals surface area contributed by atoms with E-state index >= 15 is 0 Å². The van der Waals surface area contributed by atoms with E-state index in [4.69, 9.17) is 4.74 Å². The van der Waals surface area contributed by atoms with Gasteiger partial charge in [0.2, 0.25) is 5.91 Å². The zero-order valence-corrected chi connectivity index (χ0v) is 17.8. The summed E-state index contributed by atoms with van der Waals surface area (Å²) in [6, 6.07) is 12.4. The van der Waals surface area contributed by atoms with Gasteiger partial charge in [-0.25, -0.2) is 4.79 Å². The lowest BCUT2D eigenvalue weighted by molar-refractivity contribution is -0.116. The number of nitrogens with one attached hydrogen (secondary N) is 2. The highest BCUT2D eigenvalue weighted by atomic mass is 16.5. The summed E-state index contributed by atoms with van der Waals surface area (Å²) < 4.78 is 7.79. The Labute approximate surface area is 181 Å². The molecule has 7 nitrogen and oxygen atoms in total. The van der Waals surface area contributed by atoms with Crippen molar-refractivity contribution in [3.8, 4) is 5.75 Å². The van der Waals surface area contributed by atoms with Crippen LogP contribution in [0.3, 0.4) is 0 Å². The van der Waals surface area contributed by atoms with Crippen LogP contribution in [-0.4, -0.2) is 46.6 Å². The van der Waals surface area contributed by atoms with Crippen molar-refractivity contribution in [3.05, 3.63) is 58.0 Å². The predicted octanol–water partition coefficient (Wildman–Crippen LogP) is 2.93. The lowest BCUT2D eigenvalue weighted by Gasteiger charge is -2.31. The van der Waals surface area contributed by atoms with E-state index in [9.17, 15) is 9.59 Å². The van der Waals surface area contributed by atoms with Crippen molar-refractivity contribution < 1.29 is 9.53 Å². The van der Waals surface area contributed by atoms with Gasteiger partial charge < -0.3 is 19.9 Å². The van der Waals surface area contributed by atoms with Crippen LogP contribution in [0.25, 0.3) is 11.0 Å². The third-order valence-electron chi connectivity index (χ3n) is 6.50. The van der Waals surface area contributed by atoms with Gasteiger partial charge in [0.15, 0.2) is 0 Å². The Kier molecular flexibility index (Phi) is 5.28. The normalized spacial score (nSPS) is 17.6. The van der Waals surface area contributed by atoms with Gasteiger partial charge in [-0.15, -0.1) is 0 Å². The third-order valence-corrected chi connectivity index (χ3v) is 6.50. The van der Waals surface area contributed by atoms with Crippen molar-refractivity contribution in [1.82, 2.24) is 14.5 Å². The first-order valence-corrected chi connectivity index (χ1v) is 11.0. The van der Waals surface area contributed by atoms with Crippen molar-refractivity contribution in [3.63, 3.8) is 0 Å². The number of aromatic amines is 1. The molecule has 0 aliphatic carbocycles. The molecular weight excluding hydrogens is 392 g/mol. The van der Waals surface area contributed by atoms with Crippen LogP contribution >= 0.6 is 0 Å². The van der Waals surface area contributed by atoms with Crippen LogP contribution < -0.4 is 15.7 Å². The largest absolute Gasteiger partial charge is 0.494 e. The number of hydrogen-bond donors (Lipinski definition) is 2. The van der Waals surface area contributed by atoms with Crippen molar-refractivity contribution in [2.75, 3.05) is 25.5 Å². The molecule has 3 heterocycles. The fourth-order valence-electron chi connectivity index (χ4n) is 4.73. The van der Waals surface area contributed by atoms with Gasteiger partial charge in [0.1, 0.15) is 5.75 Å². The number of anilines is 1. The lowest BCUT2D eigenvalue weighted by Crippen LogP contribution is -2.42. The summed E-state index contributed by atoms with van der Waals surface area (Å²) in [4.78, 5) is 29.2. The van der Waals surface area contributed by atoms with E-state index in [0.29, 0.717) is 19.1 Å². The Balaban J connectivity index is 1.11. The molecule has 0 bridgehead atoms. The second-order valence-electron chi connectivity index (χ2n) is 8.62. The quantitative estimate of drug-likeness (QED) is 0.576. The molecule has 1 atom stereocenters. The standard InChI is InChI=1S/C24H28N4O3/c1-27(18-13-17-5-4-6-20-23(17)28(15-18)24(30)26-20)11-2-3-12-31-19-9-7-16-8-10-22(29)25-21(16)14-19/h4-7,9,14,18H,2-3,8,10-13,15H2,1H3,(H,25,29)(H,26,30)/t18-/m1/s1. The van der Waals surface area contributed by atoms with E-state index < -0.39 is 0 Å². The lowest BCUT2D eigenvalue weighted by atomic mass is 9.99. The first-order valence-electron chi connectivity index (χ1n) is 11.0. The maximum atomic E-state index is 12.3. The first kappa shape index (κ1) is 19.9. The summed E-state index contributed by atoms with van der Waals surface area (Å²) in [5.41, 5.74) is 5.26. The van der Waals surface area contributed by atoms with Crippen LogP contribution in [0.4, 0.5) is 5.69 Å². The average Bonchev–Trinajstić information content (AvgIpc) is 3.09. The van der Waals surface area contributed by atoms with Gasteiger partial charge in [-0.3, -0.25) is 9.36 Å². The van der Waals surface area contributed by atoms with Gasteiger partial charge in [-0.1, -0.05) is 18.2 Å². The Hall–Kier alpha value is -3.06. The second-order valence-corrected chi connectivity index (χ2v) is 8.62. The molecule has 1 amide bonds. The summed E-state index contributed by atoms with van der Waals surface area (Å²) in [5.74, 6) is 0.870. The van der Waals surface area contributed by atoms with E-state index in [1.807, 2.05) is 34.9 Å². The maximum absolute atomic E-state index is 12.3. The van der Waals surface area contributed by atoms with Crippen LogP contribution in [0.15, 0.2) is 41.2 Å². The molecule has 0 fully saturated rings. The van der Waals surface area contributed by atoms with E-state index in [-0.39, 0.29) is 11.6 Å². The number of imidazole rings is 1. The summed E-state index contributed by atoms with van der Waals surface area (Å²) in [6.07, 6.45) is 4.28. The number of amides is 1. The zero-order valence-electron chi connectivity index (χ0n) is 17.8. The minimum absolute atomic E-state index is 0.0183. The molecule has 0 radical (unpaired) electrons. The van der Waals surface area contributed by atoms with Gasteiger partial charge in [-0.05, 0) is 62.5 Å². The molecule has 2 aliphatic rings. The minimum atomic E-state index is -0.0183. The molecule has 7 heteroatoms. The number of ether oxygens (including phenoxy) is 1. The zero-order chi connectivity index (χ0) is 21.4. The van der Waals surface area contributed by atoms with Crippen LogP contribution in [-0.2, 0) is 24.2 Å². The van der Waals surface area contributed by atoms with Gasteiger partial charge >= 0.3 is 5.69 Å². The smallest absolute Gasteiger partial charge is 0.326 e. The number of para-hydroxylation sites is 1. The van der Waals surface area contributed by atoms with Crippen LogP contribution in [0.5, 0.6) is 5.75 Å². The number of rotatable bonds is 7. The SMILES string of the molecule is CN(CCCCOc1ccc2c(c1)NC(=O)CC2)[C@@H]1Cc2cccc3[nH]c(=O)n(c23)C1. The van der Waals surface area contributed by atoms with Crippen LogP contribution in [0.2, 0.25) is 0 Å². The Morgan fingerprint density at radius 2 is 2.03 bits per heavy atom. The van der Waals surface area contributed by atoms with Crippen molar-refractivity contribution in [2.24, 2.45) is 0 Å². The topological polar surface area (TPSA) is 79.4 Å². The fourth-order valence-corrected chi connectivity index (χ4v) is 4.73. The molecule has 162 valence electrons. The number of aryl methyl sites for hydroxylation is 1. The van der Waals surface area contributed by atoms with Gasteiger partial charge in [-0.2, -0.15) is 0 Å². The maximum Gasteiger partial charge on any atom is 0.326 e. The monoisotopic (exact) mass is 420 g/mol. The minimum Gasteiger partial charge on any atom is -0.494 e. The number of likely N-dealkylation sites (N-methyl/N-ethyl adjacent to an activating group) is 1. The summed E-state index contributed by atoms with van der Waals surface area (Å²) in [7, 11) is 2.14. The molecule has 2 aromatic carbocycles. The Morgan fingerprint density at radius 3 is 2.94 bits per heavy atom.